The number of rotatable bonds is 6. The monoisotopic (exact) mass is 434 g/mol. The molecule has 1 heterocycles. The molecular weight excluding hydrogens is 415 g/mol. The molecule has 1 unspecified atom stereocenters. The van der Waals surface area contributed by atoms with E-state index in [1.165, 1.54) is 17.3 Å². The van der Waals surface area contributed by atoms with E-state index < -0.39 is 12.0 Å². The summed E-state index contributed by atoms with van der Waals surface area (Å²) in [6.45, 7) is 0.333. The van der Waals surface area contributed by atoms with Crippen LogP contribution in [-0.2, 0) is 16.0 Å². The van der Waals surface area contributed by atoms with Crippen molar-refractivity contribution in [2.24, 2.45) is 4.99 Å². The van der Waals surface area contributed by atoms with E-state index in [4.69, 9.17) is 27.9 Å². The van der Waals surface area contributed by atoms with Gasteiger partial charge in [0.25, 0.3) is 0 Å². The van der Waals surface area contributed by atoms with Gasteiger partial charge >= 0.3 is 5.97 Å². The Morgan fingerprint density at radius 3 is 2.71 bits per heavy atom. The Kier molecular flexibility index (Phi) is 7.43. The molecule has 3 rings (SSSR count). The summed E-state index contributed by atoms with van der Waals surface area (Å²) in [5, 5.41) is 4.54. The first kappa shape index (κ1) is 20.8. The molecule has 1 aliphatic rings. The van der Waals surface area contributed by atoms with Crippen molar-refractivity contribution in [2.75, 3.05) is 12.9 Å². The number of nitrogens with zero attached hydrogens (tertiary/aromatic N) is 1. The van der Waals surface area contributed by atoms with Gasteiger partial charge in [-0.05, 0) is 30.7 Å². The molecule has 28 heavy (non-hydrogen) atoms. The predicted molar refractivity (Wildman–Crippen MR) is 117 cm³/mol. The Hall–Kier alpha value is -1.95. The normalized spacial score (nSPS) is 16.0. The third-order valence-electron chi connectivity index (χ3n) is 4.28. The third kappa shape index (κ3) is 5.10. The van der Waals surface area contributed by atoms with Crippen LogP contribution in [0.5, 0.6) is 0 Å². The minimum absolute atomic E-state index is 0.333. The average Bonchev–Trinajstić information content (AvgIpc) is 2.73. The van der Waals surface area contributed by atoms with Crippen LogP contribution in [0.4, 0.5) is 0 Å². The molecule has 4 nitrogen and oxygen atoms in total. The summed E-state index contributed by atoms with van der Waals surface area (Å²) in [7, 11) is 0. The van der Waals surface area contributed by atoms with Gasteiger partial charge in [-0.2, -0.15) is 0 Å². The fourth-order valence-electron chi connectivity index (χ4n) is 2.86. The molecule has 0 fully saturated rings. The van der Waals surface area contributed by atoms with Crippen LogP contribution in [-0.4, -0.2) is 24.0 Å². The molecule has 2 aromatic rings. The van der Waals surface area contributed by atoms with E-state index in [-0.39, 0.29) is 0 Å². The van der Waals surface area contributed by atoms with E-state index >= 15 is 0 Å². The number of aryl methyl sites for hydroxylation is 1. The molecule has 0 radical (unpaired) electrons. The van der Waals surface area contributed by atoms with Crippen molar-refractivity contribution in [2.45, 2.75) is 18.9 Å². The second-order valence-electron chi connectivity index (χ2n) is 6.15. The van der Waals surface area contributed by atoms with Crippen LogP contribution in [0.2, 0.25) is 10.0 Å². The summed E-state index contributed by atoms with van der Waals surface area (Å²) in [6.07, 6.45) is 5.14. The lowest BCUT2D eigenvalue weighted by Gasteiger charge is -2.23. The van der Waals surface area contributed by atoms with E-state index in [2.05, 4.69) is 22.4 Å². The Morgan fingerprint density at radius 1 is 1.18 bits per heavy atom. The maximum atomic E-state index is 12.7. The van der Waals surface area contributed by atoms with E-state index in [1.807, 2.05) is 30.5 Å². The summed E-state index contributed by atoms with van der Waals surface area (Å²) in [5.41, 5.74) is 2.30. The zero-order valence-corrected chi connectivity index (χ0v) is 17.7. The Balaban J connectivity index is 1.69. The molecule has 0 saturated heterocycles. The molecule has 0 bridgehead atoms. The van der Waals surface area contributed by atoms with Crippen molar-refractivity contribution in [3.05, 3.63) is 81.5 Å². The number of aliphatic imine (C=N–C) groups is 1. The number of hydrogen-bond acceptors (Lipinski definition) is 5. The average molecular weight is 435 g/mol. The van der Waals surface area contributed by atoms with Gasteiger partial charge in [0.1, 0.15) is 6.04 Å². The van der Waals surface area contributed by atoms with Gasteiger partial charge in [-0.3, -0.25) is 0 Å². The van der Waals surface area contributed by atoms with Crippen LogP contribution < -0.4 is 5.32 Å². The molecule has 7 heteroatoms. The standard InChI is InChI=1S/C21H20Cl2N2O2S/c1-28-21-24-13-16(19(25-21)15-10-5-11-17(22)18(15)23)20(26)27-12-6-9-14-7-3-2-4-8-14/h2-5,7-8,10-11,13,19H,6,9,12H2,1H3,(H,24,25). The lowest BCUT2D eigenvalue weighted by atomic mass is 9.99. The smallest absolute Gasteiger partial charge is 0.338 e. The van der Waals surface area contributed by atoms with Crippen molar-refractivity contribution in [1.29, 1.82) is 0 Å². The number of thioether (sulfide) groups is 1. The van der Waals surface area contributed by atoms with E-state index in [0.29, 0.717) is 33.0 Å². The quantitative estimate of drug-likeness (QED) is 0.487. The maximum absolute atomic E-state index is 12.7. The summed E-state index contributed by atoms with van der Waals surface area (Å²) >= 11 is 14.0. The summed E-state index contributed by atoms with van der Waals surface area (Å²) in [4.78, 5) is 17.3. The molecule has 0 aromatic heterocycles. The predicted octanol–water partition coefficient (Wildman–Crippen LogP) is 5.42. The fraction of sp³-hybridized carbons (Fsp3) is 0.238. The molecule has 146 valence electrons. The van der Waals surface area contributed by atoms with Gasteiger partial charge in [-0.1, -0.05) is 77.4 Å². The molecule has 0 spiro atoms. The van der Waals surface area contributed by atoms with Crippen LogP contribution in [0.1, 0.15) is 23.6 Å². The molecule has 2 aromatic carbocycles. The summed E-state index contributed by atoms with van der Waals surface area (Å²) < 4.78 is 5.49. The molecule has 1 N–H and O–H groups in total. The number of carbonyl (C=O) groups is 1. The van der Waals surface area contributed by atoms with E-state index in [1.54, 1.807) is 18.3 Å². The molecule has 1 atom stereocenters. The molecule has 0 amide bonds. The van der Waals surface area contributed by atoms with Crippen LogP contribution in [0.15, 0.2) is 65.3 Å². The number of esters is 1. The van der Waals surface area contributed by atoms with Gasteiger partial charge in [-0.25, -0.2) is 9.79 Å². The van der Waals surface area contributed by atoms with Gasteiger partial charge in [0.2, 0.25) is 0 Å². The number of hydrogen-bond donors (Lipinski definition) is 1. The molecule has 0 saturated carbocycles. The minimum atomic E-state index is -0.559. The Morgan fingerprint density at radius 2 is 1.96 bits per heavy atom. The number of amidine groups is 1. The second-order valence-corrected chi connectivity index (χ2v) is 7.73. The van der Waals surface area contributed by atoms with Crippen LogP contribution in [0.3, 0.4) is 0 Å². The zero-order chi connectivity index (χ0) is 19.9. The largest absolute Gasteiger partial charge is 0.462 e. The molecule has 0 aliphatic carbocycles. The van der Waals surface area contributed by atoms with Crippen molar-refractivity contribution in [1.82, 2.24) is 5.32 Å². The van der Waals surface area contributed by atoms with Gasteiger partial charge < -0.3 is 10.1 Å². The Labute approximate surface area is 179 Å². The lowest BCUT2D eigenvalue weighted by Crippen LogP contribution is -2.26. The highest BCUT2D eigenvalue weighted by atomic mass is 35.5. The first-order valence-corrected chi connectivity index (χ1v) is 10.8. The molecule has 1 aliphatic heterocycles. The highest BCUT2D eigenvalue weighted by Crippen LogP contribution is 2.37. The number of carbonyl (C=O) groups excluding carboxylic acids is 1. The first-order chi connectivity index (χ1) is 13.6. The van der Waals surface area contributed by atoms with E-state index in [0.717, 1.165) is 12.8 Å². The maximum Gasteiger partial charge on any atom is 0.338 e. The zero-order valence-electron chi connectivity index (χ0n) is 15.3. The van der Waals surface area contributed by atoms with Gasteiger partial charge in [-0.15, -0.1) is 0 Å². The van der Waals surface area contributed by atoms with Crippen molar-refractivity contribution in [3.63, 3.8) is 0 Å². The minimum Gasteiger partial charge on any atom is -0.462 e. The number of ether oxygens (including phenoxy) is 1. The SMILES string of the molecule is CSC1=NC(c2cccc(Cl)c2Cl)C(C(=O)OCCCc2ccccc2)=CN1. The van der Waals surface area contributed by atoms with Crippen molar-refractivity contribution < 1.29 is 9.53 Å². The van der Waals surface area contributed by atoms with Crippen molar-refractivity contribution >= 4 is 46.1 Å². The summed E-state index contributed by atoms with van der Waals surface area (Å²) in [5.74, 6) is -0.412. The highest BCUT2D eigenvalue weighted by molar-refractivity contribution is 8.13. The number of nitrogens with one attached hydrogen (secondary N) is 1. The topological polar surface area (TPSA) is 50.7 Å². The van der Waals surface area contributed by atoms with Crippen LogP contribution >= 0.6 is 35.0 Å². The number of halogens is 2. The third-order valence-corrected chi connectivity index (χ3v) is 5.73. The van der Waals surface area contributed by atoms with Gasteiger partial charge in [0.15, 0.2) is 5.17 Å². The molecular formula is C21H20Cl2N2O2S. The lowest BCUT2D eigenvalue weighted by molar-refractivity contribution is -0.139. The highest BCUT2D eigenvalue weighted by Gasteiger charge is 2.29. The fourth-order valence-corrected chi connectivity index (χ4v) is 3.66. The van der Waals surface area contributed by atoms with Crippen LogP contribution in [0, 0.1) is 0 Å². The summed E-state index contributed by atoms with van der Waals surface area (Å²) in [6, 6.07) is 14.9. The first-order valence-electron chi connectivity index (χ1n) is 8.83. The second kappa shape index (κ2) is 10.0. The van der Waals surface area contributed by atoms with E-state index in [9.17, 15) is 4.79 Å². The number of benzene rings is 2. The van der Waals surface area contributed by atoms with Gasteiger partial charge in [0.05, 0.1) is 22.2 Å². The Bertz CT molecular complexity index is 901. The van der Waals surface area contributed by atoms with Crippen molar-refractivity contribution in [3.8, 4) is 0 Å². The van der Waals surface area contributed by atoms with Gasteiger partial charge in [0, 0.05) is 11.8 Å². The van der Waals surface area contributed by atoms with Crippen LogP contribution in [0.25, 0.3) is 0 Å².